The SMILES string of the molecule is CNc1nc(-c2ccc3c(N)n[nH]c3c2)cc(N2C[C@@H](C(=O)NCc3ccccc3)C[C@H]2C)n1. The second-order valence-electron chi connectivity index (χ2n) is 8.69. The number of H-pyrrole nitrogens is 1. The van der Waals surface area contributed by atoms with Crippen LogP contribution in [-0.4, -0.2) is 45.7 Å². The lowest BCUT2D eigenvalue weighted by Crippen LogP contribution is -2.33. The van der Waals surface area contributed by atoms with Gasteiger partial charge in [-0.25, -0.2) is 4.98 Å². The molecule has 0 aliphatic carbocycles. The van der Waals surface area contributed by atoms with Crippen LogP contribution < -0.4 is 21.3 Å². The van der Waals surface area contributed by atoms with E-state index in [1.807, 2.05) is 54.6 Å². The van der Waals surface area contributed by atoms with Crippen molar-refractivity contribution in [1.82, 2.24) is 25.5 Å². The van der Waals surface area contributed by atoms with E-state index >= 15 is 0 Å². The van der Waals surface area contributed by atoms with E-state index in [1.54, 1.807) is 7.05 Å². The van der Waals surface area contributed by atoms with Crippen molar-refractivity contribution in [3.8, 4) is 11.3 Å². The predicted octanol–water partition coefficient (Wildman–Crippen LogP) is 3.18. The third-order valence-electron chi connectivity index (χ3n) is 6.37. The molecule has 1 amide bonds. The fraction of sp³-hybridized carbons (Fsp3) is 0.280. The van der Waals surface area contributed by atoms with Crippen LogP contribution in [0.2, 0.25) is 0 Å². The first-order valence-electron chi connectivity index (χ1n) is 11.4. The zero-order valence-corrected chi connectivity index (χ0v) is 19.2. The summed E-state index contributed by atoms with van der Waals surface area (Å²) in [5, 5.41) is 14.1. The maximum atomic E-state index is 12.9. The van der Waals surface area contributed by atoms with Crippen LogP contribution in [0.5, 0.6) is 0 Å². The van der Waals surface area contributed by atoms with Crippen molar-refractivity contribution >= 4 is 34.4 Å². The maximum absolute atomic E-state index is 12.9. The molecule has 0 unspecified atom stereocenters. The van der Waals surface area contributed by atoms with E-state index < -0.39 is 0 Å². The van der Waals surface area contributed by atoms with E-state index in [0.29, 0.717) is 24.9 Å². The number of aromatic nitrogens is 4. The van der Waals surface area contributed by atoms with Crippen molar-refractivity contribution in [3.63, 3.8) is 0 Å². The number of fused-ring (bicyclic) bond motifs is 1. The highest BCUT2D eigenvalue weighted by Crippen LogP contribution is 2.32. The number of hydrogen-bond donors (Lipinski definition) is 4. The summed E-state index contributed by atoms with van der Waals surface area (Å²) < 4.78 is 0. The van der Waals surface area contributed by atoms with Gasteiger partial charge in [-0.2, -0.15) is 10.1 Å². The first-order chi connectivity index (χ1) is 16.5. The van der Waals surface area contributed by atoms with Crippen molar-refractivity contribution in [1.29, 1.82) is 0 Å². The fourth-order valence-corrected chi connectivity index (χ4v) is 4.51. The van der Waals surface area contributed by atoms with Crippen molar-refractivity contribution in [3.05, 3.63) is 60.2 Å². The zero-order valence-electron chi connectivity index (χ0n) is 19.2. The molecule has 4 aromatic rings. The number of nitrogens with zero attached hydrogens (tertiary/aromatic N) is 4. The number of rotatable bonds is 6. The lowest BCUT2D eigenvalue weighted by molar-refractivity contribution is -0.124. The van der Waals surface area contributed by atoms with Crippen LogP contribution >= 0.6 is 0 Å². The Morgan fingerprint density at radius 2 is 2.00 bits per heavy atom. The number of nitrogens with one attached hydrogen (secondary N) is 3. The van der Waals surface area contributed by atoms with Gasteiger partial charge in [-0.05, 0) is 31.0 Å². The lowest BCUT2D eigenvalue weighted by Gasteiger charge is -2.23. The van der Waals surface area contributed by atoms with Crippen LogP contribution in [0.15, 0.2) is 54.6 Å². The normalized spacial score (nSPS) is 17.8. The molecular weight excluding hydrogens is 428 g/mol. The largest absolute Gasteiger partial charge is 0.382 e. The third-order valence-corrected chi connectivity index (χ3v) is 6.37. The summed E-state index contributed by atoms with van der Waals surface area (Å²) in [5.41, 5.74) is 9.57. The molecule has 0 spiro atoms. The van der Waals surface area contributed by atoms with E-state index in [-0.39, 0.29) is 17.9 Å². The Kier molecular flexibility index (Phi) is 5.75. The second-order valence-corrected chi connectivity index (χ2v) is 8.69. The Bertz CT molecular complexity index is 1320. The maximum Gasteiger partial charge on any atom is 0.225 e. The van der Waals surface area contributed by atoms with E-state index in [1.165, 1.54) is 0 Å². The number of aromatic amines is 1. The van der Waals surface area contributed by atoms with E-state index in [2.05, 4.69) is 37.6 Å². The van der Waals surface area contributed by atoms with Gasteiger partial charge < -0.3 is 21.3 Å². The summed E-state index contributed by atoms with van der Waals surface area (Å²) >= 11 is 0. The van der Waals surface area contributed by atoms with Gasteiger partial charge in [0.05, 0.1) is 17.1 Å². The second kappa shape index (κ2) is 9.01. The van der Waals surface area contributed by atoms with Crippen LogP contribution in [0, 0.1) is 5.92 Å². The molecule has 1 saturated heterocycles. The lowest BCUT2D eigenvalue weighted by atomic mass is 10.1. The Hall–Kier alpha value is -4.14. The van der Waals surface area contributed by atoms with E-state index in [9.17, 15) is 4.79 Å². The minimum Gasteiger partial charge on any atom is -0.382 e. The topological polar surface area (TPSA) is 125 Å². The van der Waals surface area contributed by atoms with Crippen LogP contribution in [0.3, 0.4) is 0 Å². The van der Waals surface area contributed by atoms with Gasteiger partial charge in [0.2, 0.25) is 11.9 Å². The minimum atomic E-state index is -0.0977. The van der Waals surface area contributed by atoms with Gasteiger partial charge in [0.15, 0.2) is 5.82 Å². The summed E-state index contributed by atoms with van der Waals surface area (Å²) in [6, 6.07) is 18.0. The van der Waals surface area contributed by atoms with Gasteiger partial charge in [-0.1, -0.05) is 36.4 Å². The summed E-state index contributed by atoms with van der Waals surface area (Å²) in [5.74, 6) is 1.77. The Morgan fingerprint density at radius 3 is 2.79 bits per heavy atom. The van der Waals surface area contributed by atoms with Gasteiger partial charge in [-0.15, -0.1) is 0 Å². The summed E-state index contributed by atoms with van der Waals surface area (Å²) in [4.78, 5) is 24.4. The highest BCUT2D eigenvalue weighted by Gasteiger charge is 2.34. The number of carbonyl (C=O) groups is 1. The standard InChI is InChI=1S/C25H28N8O/c1-15-10-18(24(34)28-13-16-6-4-3-5-7-16)14-33(15)22-12-20(29-25(27-2)30-22)17-8-9-19-21(11-17)31-32-23(19)26/h3-9,11-12,15,18H,10,13-14H2,1-2H3,(H,28,34)(H3,26,31,32)(H,27,29,30)/t15-,18+/m1/s1. The van der Waals surface area contributed by atoms with Gasteiger partial charge in [0, 0.05) is 43.2 Å². The molecule has 34 heavy (non-hydrogen) atoms. The van der Waals surface area contributed by atoms with Crippen molar-refractivity contribution in [2.24, 2.45) is 5.92 Å². The highest BCUT2D eigenvalue weighted by atomic mass is 16.1. The fourth-order valence-electron chi connectivity index (χ4n) is 4.51. The Labute approximate surface area is 197 Å². The van der Waals surface area contributed by atoms with Gasteiger partial charge in [0.25, 0.3) is 0 Å². The molecule has 5 N–H and O–H groups in total. The first kappa shape index (κ1) is 21.7. The smallest absolute Gasteiger partial charge is 0.225 e. The molecule has 2 atom stereocenters. The molecule has 2 aromatic heterocycles. The molecule has 174 valence electrons. The number of benzene rings is 2. The van der Waals surface area contributed by atoms with Gasteiger partial charge >= 0.3 is 0 Å². The summed E-state index contributed by atoms with van der Waals surface area (Å²) in [6.07, 6.45) is 0.772. The molecule has 9 heteroatoms. The highest BCUT2D eigenvalue weighted by molar-refractivity contribution is 5.91. The molecule has 1 aliphatic rings. The van der Waals surface area contributed by atoms with Crippen LogP contribution in [0.1, 0.15) is 18.9 Å². The molecule has 2 aromatic carbocycles. The molecular formula is C25H28N8O. The molecule has 3 heterocycles. The zero-order chi connectivity index (χ0) is 23.7. The molecule has 0 radical (unpaired) electrons. The predicted molar refractivity (Wildman–Crippen MR) is 134 cm³/mol. The number of nitrogen functional groups attached to an aromatic ring is 1. The van der Waals surface area contributed by atoms with Crippen LogP contribution in [0.25, 0.3) is 22.2 Å². The van der Waals surface area contributed by atoms with Crippen molar-refractivity contribution in [2.75, 3.05) is 29.5 Å². The van der Waals surface area contributed by atoms with Gasteiger partial charge in [0.1, 0.15) is 5.82 Å². The molecule has 5 rings (SSSR count). The van der Waals surface area contributed by atoms with Crippen molar-refractivity contribution < 1.29 is 4.79 Å². The Balaban J connectivity index is 1.36. The molecule has 1 fully saturated rings. The number of nitrogens with two attached hydrogens (primary N) is 1. The van der Waals surface area contributed by atoms with Crippen LogP contribution in [-0.2, 0) is 11.3 Å². The quantitative estimate of drug-likeness (QED) is 0.351. The van der Waals surface area contributed by atoms with Crippen molar-refractivity contribution in [2.45, 2.75) is 25.9 Å². The summed E-state index contributed by atoms with van der Waals surface area (Å²) in [6.45, 7) is 3.27. The average molecular weight is 457 g/mol. The average Bonchev–Trinajstić information content (AvgIpc) is 3.45. The number of anilines is 3. The van der Waals surface area contributed by atoms with Gasteiger partial charge in [-0.3, -0.25) is 9.89 Å². The molecule has 0 bridgehead atoms. The number of carbonyl (C=O) groups excluding carboxylic acids is 1. The van der Waals surface area contributed by atoms with E-state index in [4.69, 9.17) is 10.7 Å². The minimum absolute atomic E-state index is 0.0728. The first-order valence-corrected chi connectivity index (χ1v) is 11.4. The number of amides is 1. The molecule has 0 saturated carbocycles. The molecule has 9 nitrogen and oxygen atoms in total. The van der Waals surface area contributed by atoms with E-state index in [0.717, 1.165) is 40.0 Å². The Morgan fingerprint density at radius 1 is 1.18 bits per heavy atom. The van der Waals surface area contributed by atoms with Crippen LogP contribution in [0.4, 0.5) is 17.6 Å². The molecule has 1 aliphatic heterocycles. The monoisotopic (exact) mass is 456 g/mol. The third kappa shape index (κ3) is 4.24. The summed E-state index contributed by atoms with van der Waals surface area (Å²) in [7, 11) is 1.80. The number of hydrogen-bond acceptors (Lipinski definition) is 7.